The van der Waals surface area contributed by atoms with Crippen LogP contribution < -0.4 is 0 Å². The molecule has 0 aliphatic rings. The summed E-state index contributed by atoms with van der Waals surface area (Å²) in [4.78, 5) is 13.4. The molecule has 0 fully saturated rings. The van der Waals surface area contributed by atoms with Crippen LogP contribution in [0.15, 0.2) is 24.0 Å². The van der Waals surface area contributed by atoms with Gasteiger partial charge in [0, 0.05) is 18.9 Å². The molecule has 0 radical (unpaired) electrons. The lowest BCUT2D eigenvalue weighted by molar-refractivity contribution is -0.132. The number of hydrogen-bond acceptors (Lipinski definition) is 1. The summed E-state index contributed by atoms with van der Waals surface area (Å²) < 4.78 is 1.74. The van der Waals surface area contributed by atoms with Crippen LogP contribution in [0.5, 0.6) is 0 Å². The first kappa shape index (κ1) is 9.07. The Hall–Kier alpha value is -2.02. The zero-order valence-electron chi connectivity index (χ0n) is 7.06. The van der Waals surface area contributed by atoms with Crippen LogP contribution in [0.25, 0.3) is 10.9 Å². The van der Waals surface area contributed by atoms with Crippen LogP contribution in [-0.4, -0.2) is 15.6 Å². The highest BCUT2D eigenvalue weighted by molar-refractivity contribution is 5.93. The number of carbonyl (C=O) groups is 1. The van der Waals surface area contributed by atoms with E-state index in [9.17, 15) is 4.79 Å². The summed E-state index contributed by atoms with van der Waals surface area (Å²) in [6, 6.07) is 3.53. The van der Waals surface area contributed by atoms with Crippen molar-refractivity contribution >= 4 is 12.0 Å². The summed E-state index contributed by atoms with van der Waals surface area (Å²) in [7, 11) is 1.79. The van der Waals surface area contributed by atoms with Crippen LogP contribution >= 0.6 is 0 Å². The standard InChI is InChI=1S/C9H8N2O2/c1-10-8(9(12)13)6-7-4-3-5-11(7)2/h3-6H,2H3,(H,12,13)/b8-6-. The van der Waals surface area contributed by atoms with E-state index in [0.717, 1.165) is 0 Å². The van der Waals surface area contributed by atoms with Gasteiger partial charge in [-0.05, 0) is 18.2 Å². The molecule has 0 unspecified atom stereocenters. The second-order valence-electron chi connectivity index (χ2n) is 2.49. The minimum Gasteiger partial charge on any atom is -0.486 e. The molecule has 0 saturated carbocycles. The van der Waals surface area contributed by atoms with Crippen LogP contribution in [0.2, 0.25) is 0 Å². The van der Waals surface area contributed by atoms with Gasteiger partial charge in [0.1, 0.15) is 0 Å². The molecule has 0 spiro atoms. The predicted molar refractivity (Wildman–Crippen MR) is 47.6 cm³/mol. The molecule has 1 aromatic heterocycles. The molecule has 4 heteroatoms. The van der Waals surface area contributed by atoms with Crippen molar-refractivity contribution in [2.75, 3.05) is 0 Å². The van der Waals surface area contributed by atoms with Crippen LogP contribution in [0, 0.1) is 6.57 Å². The second kappa shape index (κ2) is 3.59. The van der Waals surface area contributed by atoms with Gasteiger partial charge in [0.05, 0.1) is 6.57 Å². The fourth-order valence-electron chi connectivity index (χ4n) is 0.906. The Labute approximate surface area is 75.5 Å². The van der Waals surface area contributed by atoms with E-state index < -0.39 is 5.97 Å². The second-order valence-corrected chi connectivity index (χ2v) is 2.49. The van der Waals surface area contributed by atoms with Crippen LogP contribution in [0.4, 0.5) is 0 Å². The van der Waals surface area contributed by atoms with Gasteiger partial charge in [-0.1, -0.05) is 0 Å². The summed E-state index contributed by atoms with van der Waals surface area (Å²) in [5.74, 6) is -1.20. The van der Waals surface area contributed by atoms with Gasteiger partial charge in [-0.15, -0.1) is 0 Å². The Morgan fingerprint density at radius 1 is 1.77 bits per heavy atom. The van der Waals surface area contributed by atoms with Gasteiger partial charge < -0.3 is 9.67 Å². The summed E-state index contributed by atoms with van der Waals surface area (Å²) in [5.41, 5.74) is 0.426. The van der Waals surface area contributed by atoms with Crippen LogP contribution in [0.1, 0.15) is 5.69 Å². The number of aryl methyl sites for hydroxylation is 1. The average Bonchev–Trinajstić information content (AvgIpc) is 2.46. The van der Waals surface area contributed by atoms with Crippen molar-refractivity contribution in [3.8, 4) is 0 Å². The topological polar surface area (TPSA) is 46.6 Å². The Morgan fingerprint density at radius 2 is 2.46 bits per heavy atom. The van der Waals surface area contributed by atoms with E-state index >= 15 is 0 Å². The van der Waals surface area contributed by atoms with Crippen LogP contribution in [-0.2, 0) is 11.8 Å². The lowest BCUT2D eigenvalue weighted by Crippen LogP contribution is -1.97. The number of hydrogen-bond donors (Lipinski definition) is 1. The highest BCUT2D eigenvalue weighted by atomic mass is 16.4. The molecule has 1 aromatic rings. The SMILES string of the molecule is [C-]#[N+]/C(=C\c1cccn1C)C(=O)O. The van der Waals surface area contributed by atoms with Crippen molar-refractivity contribution in [1.82, 2.24) is 4.57 Å². The van der Waals surface area contributed by atoms with Gasteiger partial charge in [0.25, 0.3) is 5.70 Å². The van der Waals surface area contributed by atoms with Gasteiger partial charge in [0.15, 0.2) is 0 Å². The van der Waals surface area contributed by atoms with Crippen molar-refractivity contribution in [3.05, 3.63) is 41.1 Å². The number of rotatable bonds is 2. The molecule has 0 amide bonds. The van der Waals surface area contributed by atoms with E-state index in [4.69, 9.17) is 11.7 Å². The zero-order valence-corrected chi connectivity index (χ0v) is 7.06. The Balaban J connectivity index is 3.07. The van der Waals surface area contributed by atoms with Crippen molar-refractivity contribution in [2.24, 2.45) is 7.05 Å². The Bertz CT molecular complexity index is 396. The zero-order chi connectivity index (χ0) is 9.84. The third-order valence-corrected chi connectivity index (χ3v) is 1.61. The highest BCUT2D eigenvalue weighted by Crippen LogP contribution is 2.07. The summed E-state index contributed by atoms with van der Waals surface area (Å²) >= 11 is 0. The van der Waals surface area contributed by atoms with Crippen molar-refractivity contribution < 1.29 is 9.90 Å². The monoisotopic (exact) mass is 176 g/mol. The van der Waals surface area contributed by atoms with E-state index in [1.807, 2.05) is 0 Å². The lowest BCUT2D eigenvalue weighted by Gasteiger charge is -1.95. The fraction of sp³-hybridized carbons (Fsp3) is 0.111. The molecule has 0 aromatic carbocycles. The van der Waals surface area contributed by atoms with E-state index in [0.29, 0.717) is 5.69 Å². The number of nitrogens with zero attached hydrogens (tertiary/aromatic N) is 2. The lowest BCUT2D eigenvalue weighted by atomic mass is 10.3. The fourth-order valence-corrected chi connectivity index (χ4v) is 0.906. The Kier molecular flexibility index (Phi) is 2.50. The number of aliphatic carboxylic acids is 1. The van der Waals surface area contributed by atoms with E-state index in [1.165, 1.54) is 6.08 Å². The highest BCUT2D eigenvalue weighted by Gasteiger charge is 2.06. The maximum Gasteiger partial charge on any atom is 0.333 e. The third-order valence-electron chi connectivity index (χ3n) is 1.61. The molecule has 0 bridgehead atoms. The molecule has 0 aliphatic carbocycles. The molecule has 1 heterocycles. The quantitative estimate of drug-likeness (QED) is 0.546. The Morgan fingerprint density at radius 3 is 2.85 bits per heavy atom. The maximum absolute atomic E-state index is 10.5. The molecular formula is C9H8N2O2. The van der Waals surface area contributed by atoms with Crippen molar-refractivity contribution in [1.29, 1.82) is 0 Å². The molecule has 0 atom stereocenters. The van der Waals surface area contributed by atoms with E-state index in [1.54, 1.807) is 29.9 Å². The van der Waals surface area contributed by atoms with Crippen molar-refractivity contribution in [3.63, 3.8) is 0 Å². The largest absolute Gasteiger partial charge is 0.486 e. The van der Waals surface area contributed by atoms with Gasteiger partial charge in [0.2, 0.25) is 0 Å². The molecular weight excluding hydrogens is 168 g/mol. The maximum atomic E-state index is 10.5. The number of aromatic nitrogens is 1. The van der Waals surface area contributed by atoms with Crippen molar-refractivity contribution in [2.45, 2.75) is 0 Å². The normalized spacial score (nSPS) is 10.9. The first-order chi connectivity index (χ1) is 6.15. The summed E-state index contributed by atoms with van der Waals surface area (Å²) in [5, 5.41) is 8.57. The molecule has 13 heavy (non-hydrogen) atoms. The first-order valence-electron chi connectivity index (χ1n) is 3.59. The summed E-state index contributed by atoms with van der Waals surface area (Å²) in [6.45, 7) is 6.63. The van der Waals surface area contributed by atoms with E-state index in [2.05, 4.69) is 4.85 Å². The molecule has 0 aliphatic heterocycles. The van der Waals surface area contributed by atoms with E-state index in [-0.39, 0.29) is 5.70 Å². The third kappa shape index (κ3) is 1.97. The minimum absolute atomic E-state index is 0.276. The van der Waals surface area contributed by atoms with Crippen LogP contribution in [0.3, 0.4) is 0 Å². The number of carboxylic acid groups (broad SMARTS) is 1. The average molecular weight is 176 g/mol. The van der Waals surface area contributed by atoms with Gasteiger partial charge in [-0.25, -0.2) is 4.85 Å². The van der Waals surface area contributed by atoms with Gasteiger partial charge in [-0.2, -0.15) is 0 Å². The van der Waals surface area contributed by atoms with Gasteiger partial charge in [-0.3, -0.25) is 4.79 Å². The smallest absolute Gasteiger partial charge is 0.333 e. The summed E-state index contributed by atoms with van der Waals surface area (Å²) in [6.07, 6.45) is 3.13. The predicted octanol–water partition coefficient (Wildman–Crippen LogP) is 1.37. The molecule has 1 rings (SSSR count). The molecule has 4 nitrogen and oxygen atoms in total. The first-order valence-corrected chi connectivity index (χ1v) is 3.59. The molecule has 0 saturated heterocycles. The number of carboxylic acids is 1. The molecule has 1 N–H and O–H groups in total. The molecule has 66 valence electrons. The minimum atomic E-state index is -1.20. The van der Waals surface area contributed by atoms with Gasteiger partial charge >= 0.3 is 5.97 Å².